The average Bonchev–Trinajstić information content (AvgIpc) is 2.89. The third-order valence-electron chi connectivity index (χ3n) is 4.94. The number of aliphatic carboxylic acids is 1. The van der Waals surface area contributed by atoms with E-state index in [1.165, 1.54) is 0 Å². The van der Waals surface area contributed by atoms with Gasteiger partial charge < -0.3 is 15.7 Å². The summed E-state index contributed by atoms with van der Waals surface area (Å²) >= 11 is 0. The van der Waals surface area contributed by atoms with Gasteiger partial charge in [-0.2, -0.15) is 5.10 Å². The zero-order chi connectivity index (χ0) is 16.4. The first kappa shape index (κ1) is 15.8. The zero-order valence-corrected chi connectivity index (χ0v) is 13.4. The molecular weight excluding hydrogens is 296 g/mol. The van der Waals surface area contributed by atoms with E-state index in [1.54, 1.807) is 4.68 Å². The molecule has 1 heterocycles. The summed E-state index contributed by atoms with van der Waals surface area (Å²) in [6.45, 7) is 0. The van der Waals surface area contributed by atoms with Gasteiger partial charge in [-0.25, -0.2) is 4.79 Å². The Hall–Kier alpha value is -2.05. The first-order chi connectivity index (χ1) is 11.0. The van der Waals surface area contributed by atoms with E-state index in [-0.39, 0.29) is 24.0 Å². The largest absolute Gasteiger partial charge is 0.481 e. The van der Waals surface area contributed by atoms with Gasteiger partial charge in [0.15, 0.2) is 0 Å². The summed E-state index contributed by atoms with van der Waals surface area (Å²) in [7, 11) is 1.90. The number of carbonyl (C=O) groups is 2. The third-order valence-corrected chi connectivity index (χ3v) is 4.94. The van der Waals surface area contributed by atoms with E-state index in [9.17, 15) is 9.59 Å². The molecule has 2 aliphatic carbocycles. The van der Waals surface area contributed by atoms with E-state index in [0.717, 1.165) is 43.4 Å². The number of amides is 2. The number of carboxylic acids is 1. The molecule has 1 atom stereocenters. The van der Waals surface area contributed by atoms with Crippen LogP contribution in [0, 0.1) is 5.92 Å². The number of hydrogen-bond acceptors (Lipinski definition) is 3. The Morgan fingerprint density at radius 2 is 1.96 bits per heavy atom. The summed E-state index contributed by atoms with van der Waals surface area (Å²) in [5.74, 6) is -0.980. The average molecular weight is 320 g/mol. The summed E-state index contributed by atoms with van der Waals surface area (Å²) in [5.41, 5.74) is 2.19. The minimum Gasteiger partial charge on any atom is -0.481 e. The van der Waals surface area contributed by atoms with Gasteiger partial charge in [-0.15, -0.1) is 0 Å². The molecule has 23 heavy (non-hydrogen) atoms. The molecule has 7 nitrogen and oxygen atoms in total. The lowest BCUT2D eigenvalue weighted by Crippen LogP contribution is -2.45. The summed E-state index contributed by atoms with van der Waals surface area (Å²) < 4.78 is 1.80. The van der Waals surface area contributed by atoms with Crippen LogP contribution in [0.2, 0.25) is 0 Å². The monoisotopic (exact) mass is 320 g/mol. The molecule has 1 fully saturated rings. The number of aromatic nitrogens is 2. The van der Waals surface area contributed by atoms with Crippen molar-refractivity contribution >= 4 is 12.0 Å². The maximum atomic E-state index is 12.2. The highest BCUT2D eigenvalue weighted by molar-refractivity contribution is 5.75. The van der Waals surface area contributed by atoms with Gasteiger partial charge in [-0.1, -0.05) is 0 Å². The van der Waals surface area contributed by atoms with E-state index in [4.69, 9.17) is 5.11 Å². The molecule has 1 aromatic heterocycles. The first-order valence-corrected chi connectivity index (χ1v) is 8.35. The van der Waals surface area contributed by atoms with Crippen molar-refractivity contribution in [3.05, 3.63) is 17.5 Å². The number of aryl methyl sites for hydroxylation is 2. The molecule has 0 aromatic carbocycles. The van der Waals surface area contributed by atoms with Crippen molar-refractivity contribution in [2.45, 2.75) is 57.0 Å². The standard InChI is InChI=1S/C16H24N4O3/c1-20-9-12-13(3-2-4-14(12)19-20)18-16(23)17-11-7-5-10(6-8-11)15(21)22/h9-11,13H,2-8H2,1H3,(H,21,22)(H2,17,18,23). The Morgan fingerprint density at radius 3 is 2.65 bits per heavy atom. The van der Waals surface area contributed by atoms with Crippen LogP contribution < -0.4 is 10.6 Å². The highest BCUT2D eigenvalue weighted by atomic mass is 16.4. The van der Waals surface area contributed by atoms with Crippen molar-refractivity contribution in [1.29, 1.82) is 0 Å². The van der Waals surface area contributed by atoms with Gasteiger partial charge >= 0.3 is 12.0 Å². The van der Waals surface area contributed by atoms with E-state index in [0.29, 0.717) is 12.8 Å². The number of fused-ring (bicyclic) bond motifs is 1. The highest BCUT2D eigenvalue weighted by Crippen LogP contribution is 2.29. The second-order valence-electron chi connectivity index (χ2n) is 6.65. The molecule has 1 saturated carbocycles. The molecule has 0 aliphatic heterocycles. The summed E-state index contributed by atoms with van der Waals surface area (Å²) in [6.07, 6.45) is 7.64. The fraction of sp³-hybridized carbons (Fsp3) is 0.688. The Bertz CT molecular complexity index is 590. The van der Waals surface area contributed by atoms with Crippen LogP contribution in [-0.4, -0.2) is 32.9 Å². The predicted molar refractivity (Wildman–Crippen MR) is 83.9 cm³/mol. The normalized spacial score (nSPS) is 27.1. The van der Waals surface area contributed by atoms with Gasteiger partial charge in [0.05, 0.1) is 17.7 Å². The second-order valence-corrected chi connectivity index (χ2v) is 6.65. The van der Waals surface area contributed by atoms with Gasteiger partial charge in [-0.05, 0) is 44.9 Å². The summed E-state index contributed by atoms with van der Waals surface area (Å²) in [6, 6.07) is -0.0733. The minimum atomic E-state index is -0.723. The van der Waals surface area contributed by atoms with Crippen LogP contribution in [0.5, 0.6) is 0 Å². The van der Waals surface area contributed by atoms with Crippen LogP contribution in [-0.2, 0) is 18.3 Å². The Kier molecular flexibility index (Phi) is 4.54. The van der Waals surface area contributed by atoms with Crippen molar-refractivity contribution in [3.63, 3.8) is 0 Å². The quantitative estimate of drug-likeness (QED) is 0.790. The molecule has 0 radical (unpaired) electrons. The summed E-state index contributed by atoms with van der Waals surface area (Å²) in [4.78, 5) is 23.2. The zero-order valence-electron chi connectivity index (χ0n) is 13.4. The van der Waals surface area contributed by atoms with Crippen LogP contribution in [0.25, 0.3) is 0 Å². The second kappa shape index (κ2) is 6.60. The minimum absolute atomic E-state index is 0.0165. The molecule has 1 aromatic rings. The van der Waals surface area contributed by atoms with Crippen molar-refractivity contribution in [1.82, 2.24) is 20.4 Å². The molecule has 3 rings (SSSR count). The highest BCUT2D eigenvalue weighted by Gasteiger charge is 2.28. The topological polar surface area (TPSA) is 96.3 Å². The number of nitrogens with zero attached hydrogens (tertiary/aromatic N) is 2. The van der Waals surface area contributed by atoms with Crippen molar-refractivity contribution in [3.8, 4) is 0 Å². The van der Waals surface area contributed by atoms with E-state index in [2.05, 4.69) is 15.7 Å². The van der Waals surface area contributed by atoms with Gasteiger partial charge in [0.1, 0.15) is 0 Å². The number of hydrogen-bond donors (Lipinski definition) is 3. The van der Waals surface area contributed by atoms with Crippen LogP contribution in [0.1, 0.15) is 55.8 Å². The van der Waals surface area contributed by atoms with Crippen LogP contribution in [0.4, 0.5) is 4.79 Å². The van der Waals surface area contributed by atoms with Crippen molar-refractivity contribution < 1.29 is 14.7 Å². The molecule has 2 aliphatic rings. The smallest absolute Gasteiger partial charge is 0.315 e. The lowest BCUT2D eigenvalue weighted by Gasteiger charge is -2.28. The number of carbonyl (C=O) groups excluding carboxylic acids is 1. The van der Waals surface area contributed by atoms with Gasteiger partial charge in [0.2, 0.25) is 0 Å². The SMILES string of the molecule is Cn1cc2c(n1)CCCC2NC(=O)NC1CCC(C(=O)O)CC1. The van der Waals surface area contributed by atoms with Crippen molar-refractivity contribution in [2.75, 3.05) is 0 Å². The van der Waals surface area contributed by atoms with Gasteiger partial charge in [0.25, 0.3) is 0 Å². The lowest BCUT2D eigenvalue weighted by atomic mass is 9.86. The van der Waals surface area contributed by atoms with Gasteiger partial charge in [0, 0.05) is 24.8 Å². The maximum Gasteiger partial charge on any atom is 0.315 e. The fourth-order valence-corrected chi connectivity index (χ4v) is 3.69. The molecule has 2 amide bonds. The van der Waals surface area contributed by atoms with Crippen LogP contribution >= 0.6 is 0 Å². The summed E-state index contributed by atoms with van der Waals surface area (Å²) in [5, 5.41) is 19.5. The molecule has 3 N–H and O–H groups in total. The van der Waals surface area contributed by atoms with Crippen molar-refractivity contribution in [2.24, 2.45) is 13.0 Å². The molecule has 0 bridgehead atoms. The Balaban J connectivity index is 1.52. The number of carboxylic acid groups (broad SMARTS) is 1. The lowest BCUT2D eigenvalue weighted by molar-refractivity contribution is -0.142. The number of nitrogens with one attached hydrogen (secondary N) is 2. The Morgan fingerprint density at radius 1 is 1.22 bits per heavy atom. The van der Waals surface area contributed by atoms with E-state index in [1.807, 2.05) is 13.2 Å². The number of rotatable bonds is 3. The molecule has 7 heteroatoms. The molecule has 0 spiro atoms. The first-order valence-electron chi connectivity index (χ1n) is 8.35. The molecule has 1 unspecified atom stereocenters. The third kappa shape index (κ3) is 3.65. The Labute approximate surface area is 135 Å². The molecular formula is C16H24N4O3. The maximum absolute atomic E-state index is 12.2. The van der Waals surface area contributed by atoms with E-state index >= 15 is 0 Å². The predicted octanol–water partition coefficient (Wildman–Crippen LogP) is 1.74. The molecule has 126 valence electrons. The van der Waals surface area contributed by atoms with Gasteiger partial charge in [-0.3, -0.25) is 9.48 Å². The molecule has 0 saturated heterocycles. The van der Waals surface area contributed by atoms with E-state index < -0.39 is 5.97 Å². The number of urea groups is 1. The van der Waals surface area contributed by atoms with Crippen LogP contribution in [0.15, 0.2) is 6.20 Å². The fourth-order valence-electron chi connectivity index (χ4n) is 3.69. The van der Waals surface area contributed by atoms with Crippen LogP contribution in [0.3, 0.4) is 0 Å².